The number of furan rings is 1. The van der Waals surface area contributed by atoms with Crippen LogP contribution in [-0.2, 0) is 9.59 Å². The molecule has 0 spiro atoms. The number of benzene rings is 2. The van der Waals surface area contributed by atoms with E-state index in [1.165, 1.54) is 17.8 Å². The number of nitrogens with one attached hydrogen (secondary N) is 1. The van der Waals surface area contributed by atoms with Crippen molar-refractivity contribution >= 4 is 52.3 Å². The van der Waals surface area contributed by atoms with E-state index in [0.29, 0.717) is 22.5 Å². The zero-order valence-corrected chi connectivity index (χ0v) is 19.7. The molecule has 2 aromatic carbocycles. The van der Waals surface area contributed by atoms with E-state index < -0.39 is 17.1 Å². The summed E-state index contributed by atoms with van der Waals surface area (Å²) < 4.78 is 5.77. The summed E-state index contributed by atoms with van der Waals surface area (Å²) in [6.45, 7) is 3.83. The van der Waals surface area contributed by atoms with Crippen molar-refractivity contribution in [2.45, 2.75) is 29.8 Å². The molecule has 0 radical (unpaired) electrons. The highest BCUT2D eigenvalue weighted by Gasteiger charge is 2.36. The lowest BCUT2D eigenvalue weighted by Crippen LogP contribution is -2.36. The monoisotopic (exact) mass is 478 g/mol. The Morgan fingerprint density at radius 1 is 1.06 bits per heavy atom. The van der Waals surface area contributed by atoms with Gasteiger partial charge in [-0.25, -0.2) is 0 Å². The number of nitrogens with zero attached hydrogens (tertiary/aromatic N) is 1. The van der Waals surface area contributed by atoms with Crippen molar-refractivity contribution < 1.29 is 18.8 Å². The fourth-order valence-corrected chi connectivity index (χ4v) is 4.75. The summed E-state index contributed by atoms with van der Waals surface area (Å²) in [5.74, 6) is -0.0908. The lowest BCUT2D eigenvalue weighted by Gasteiger charge is -2.13. The minimum Gasteiger partial charge on any atom is -0.450 e. The van der Waals surface area contributed by atoms with Crippen LogP contribution in [0, 0.1) is 0 Å². The third-order valence-electron chi connectivity index (χ3n) is 4.87. The fourth-order valence-electron chi connectivity index (χ4n) is 3.13. The molecule has 0 aliphatic carbocycles. The molecule has 168 valence electrons. The van der Waals surface area contributed by atoms with Crippen LogP contribution in [0.25, 0.3) is 6.08 Å². The van der Waals surface area contributed by atoms with Crippen molar-refractivity contribution in [2.24, 2.45) is 0 Å². The molecule has 1 aliphatic rings. The van der Waals surface area contributed by atoms with Crippen molar-refractivity contribution in [3.05, 3.63) is 83.0 Å². The molecule has 3 amide bonds. The van der Waals surface area contributed by atoms with Gasteiger partial charge < -0.3 is 9.73 Å². The molecule has 1 aliphatic heterocycles. The maximum absolute atomic E-state index is 12.7. The number of hydrogen-bond donors (Lipinski definition) is 1. The van der Waals surface area contributed by atoms with Crippen molar-refractivity contribution in [3.63, 3.8) is 0 Å². The number of amides is 3. The Kier molecular flexibility index (Phi) is 7.05. The van der Waals surface area contributed by atoms with E-state index in [1.54, 1.807) is 6.07 Å². The van der Waals surface area contributed by atoms with Crippen molar-refractivity contribution in [1.82, 2.24) is 4.90 Å². The van der Waals surface area contributed by atoms with Crippen LogP contribution in [0.1, 0.15) is 31.1 Å². The summed E-state index contributed by atoms with van der Waals surface area (Å²) in [6, 6.07) is 20.8. The molecule has 4 rings (SSSR count). The van der Waals surface area contributed by atoms with Crippen molar-refractivity contribution in [3.8, 4) is 0 Å². The highest BCUT2D eigenvalue weighted by Crippen LogP contribution is 2.34. The first-order valence-corrected chi connectivity index (χ1v) is 12.0. The van der Waals surface area contributed by atoms with Crippen molar-refractivity contribution in [1.29, 1.82) is 0 Å². The summed E-state index contributed by atoms with van der Waals surface area (Å²) in [7, 11) is 0. The van der Waals surface area contributed by atoms with Crippen LogP contribution in [0.15, 0.2) is 86.0 Å². The first-order chi connectivity index (χ1) is 15.9. The number of thioether (sulfide) groups is 1. The smallest absolute Gasteiger partial charge is 0.294 e. The second kappa shape index (κ2) is 10.1. The van der Waals surface area contributed by atoms with Crippen molar-refractivity contribution in [2.75, 3.05) is 11.9 Å². The Labute approximate surface area is 200 Å². The zero-order valence-electron chi connectivity index (χ0n) is 18.1. The van der Waals surface area contributed by atoms with E-state index in [0.717, 1.165) is 27.1 Å². The van der Waals surface area contributed by atoms with Crippen LogP contribution in [0.5, 0.6) is 0 Å². The van der Waals surface area contributed by atoms with Gasteiger partial charge >= 0.3 is 0 Å². The minimum atomic E-state index is -0.510. The standard InChI is InChI=1S/C25H22N2O4S2/c1-16(2)17-8-10-18(11-9-17)26-22(28)15-27-24(29)21(33-25(27)30)14-19-12-13-23(31-19)32-20-6-4-3-5-7-20/h3-14,16H,15H2,1-2H3,(H,26,28)/b21-14-. The number of imide groups is 1. The first kappa shape index (κ1) is 22.9. The van der Waals surface area contributed by atoms with Gasteiger partial charge in [-0.15, -0.1) is 0 Å². The molecule has 0 atom stereocenters. The SMILES string of the molecule is CC(C)c1ccc(NC(=O)CN2C(=O)S/C(=C\c3ccc(Sc4ccccc4)o3)C2=O)cc1. The predicted molar refractivity (Wildman–Crippen MR) is 131 cm³/mol. The predicted octanol–water partition coefficient (Wildman–Crippen LogP) is 6.23. The number of hydrogen-bond acceptors (Lipinski definition) is 6. The second-order valence-electron chi connectivity index (χ2n) is 7.66. The number of rotatable bonds is 7. The Balaban J connectivity index is 1.38. The molecule has 1 saturated heterocycles. The molecule has 1 N–H and O–H groups in total. The Morgan fingerprint density at radius 3 is 2.48 bits per heavy atom. The molecular weight excluding hydrogens is 456 g/mol. The van der Waals surface area contributed by atoms with E-state index in [4.69, 9.17) is 4.42 Å². The minimum absolute atomic E-state index is 0.222. The van der Waals surface area contributed by atoms with Gasteiger partial charge in [0.05, 0.1) is 4.91 Å². The fraction of sp³-hybridized carbons (Fsp3) is 0.160. The van der Waals surface area contributed by atoms with Gasteiger partial charge in [0.15, 0.2) is 5.09 Å². The summed E-state index contributed by atoms with van der Waals surface area (Å²) in [5.41, 5.74) is 1.78. The molecule has 2 heterocycles. The summed E-state index contributed by atoms with van der Waals surface area (Å²) in [5, 5.41) is 2.92. The summed E-state index contributed by atoms with van der Waals surface area (Å²) in [6.07, 6.45) is 1.53. The Bertz CT molecular complexity index is 1200. The molecule has 3 aromatic rings. The van der Waals surface area contributed by atoms with Crippen LogP contribution in [0.3, 0.4) is 0 Å². The Hall–Kier alpha value is -3.23. The van der Waals surface area contributed by atoms with Gasteiger partial charge in [-0.1, -0.05) is 55.9 Å². The average molecular weight is 479 g/mol. The highest BCUT2D eigenvalue weighted by atomic mass is 32.2. The zero-order chi connectivity index (χ0) is 23.4. The maximum Gasteiger partial charge on any atom is 0.294 e. The molecule has 6 nitrogen and oxygen atoms in total. The van der Waals surface area contributed by atoms with E-state index in [-0.39, 0.29) is 11.4 Å². The van der Waals surface area contributed by atoms with E-state index >= 15 is 0 Å². The van der Waals surface area contributed by atoms with E-state index in [9.17, 15) is 14.4 Å². The molecule has 0 unspecified atom stereocenters. The van der Waals surface area contributed by atoms with Crippen LogP contribution >= 0.6 is 23.5 Å². The lowest BCUT2D eigenvalue weighted by molar-refractivity contribution is -0.127. The lowest BCUT2D eigenvalue weighted by atomic mass is 10.0. The van der Waals surface area contributed by atoms with E-state index in [2.05, 4.69) is 19.2 Å². The van der Waals surface area contributed by atoms with Crippen LogP contribution < -0.4 is 5.32 Å². The topological polar surface area (TPSA) is 79.6 Å². The third kappa shape index (κ3) is 5.77. The molecule has 8 heteroatoms. The molecule has 33 heavy (non-hydrogen) atoms. The van der Waals surface area contributed by atoms with Gasteiger partial charge in [0.25, 0.3) is 11.1 Å². The number of anilines is 1. The molecule has 0 bridgehead atoms. The van der Waals surface area contributed by atoms with Gasteiger partial charge in [0.1, 0.15) is 12.3 Å². The largest absolute Gasteiger partial charge is 0.450 e. The van der Waals surface area contributed by atoms with E-state index in [1.807, 2.05) is 60.7 Å². The molecule has 1 aromatic heterocycles. The molecule has 1 fully saturated rings. The van der Waals surface area contributed by atoms with Crippen LogP contribution in [0.2, 0.25) is 0 Å². The van der Waals surface area contributed by atoms with Crippen LogP contribution in [0.4, 0.5) is 10.5 Å². The first-order valence-electron chi connectivity index (χ1n) is 10.4. The molecule has 0 saturated carbocycles. The van der Waals surface area contributed by atoms with Gasteiger partial charge in [-0.05, 0) is 59.6 Å². The number of carbonyl (C=O) groups excluding carboxylic acids is 3. The van der Waals surface area contributed by atoms with Crippen LogP contribution in [-0.4, -0.2) is 28.5 Å². The number of carbonyl (C=O) groups is 3. The maximum atomic E-state index is 12.7. The molecular formula is C25H22N2O4S2. The highest BCUT2D eigenvalue weighted by molar-refractivity contribution is 8.18. The van der Waals surface area contributed by atoms with Gasteiger partial charge in [-0.2, -0.15) is 0 Å². The normalized spacial score (nSPS) is 15.0. The summed E-state index contributed by atoms with van der Waals surface area (Å²) >= 11 is 2.26. The summed E-state index contributed by atoms with van der Waals surface area (Å²) in [4.78, 5) is 39.7. The van der Waals surface area contributed by atoms with Gasteiger partial charge in [-0.3, -0.25) is 19.3 Å². The van der Waals surface area contributed by atoms with Gasteiger partial charge in [0.2, 0.25) is 5.91 Å². The Morgan fingerprint density at radius 2 is 1.79 bits per heavy atom. The van der Waals surface area contributed by atoms with Gasteiger partial charge in [0, 0.05) is 16.7 Å². The quantitative estimate of drug-likeness (QED) is 0.406. The third-order valence-corrected chi connectivity index (χ3v) is 6.71. The average Bonchev–Trinajstić information content (AvgIpc) is 3.34. The second-order valence-corrected chi connectivity index (χ2v) is 9.74.